The zero-order chi connectivity index (χ0) is 15.6. The van der Waals surface area contributed by atoms with Gasteiger partial charge in [-0.1, -0.05) is 18.0 Å². The number of halogens is 1. The first-order chi connectivity index (χ1) is 10.6. The van der Waals surface area contributed by atoms with Gasteiger partial charge in [0.2, 0.25) is 10.0 Å². The third kappa shape index (κ3) is 3.45. The molecule has 22 heavy (non-hydrogen) atoms. The molecule has 0 radical (unpaired) electrons. The van der Waals surface area contributed by atoms with Gasteiger partial charge in [0, 0.05) is 31.5 Å². The zero-order valence-corrected chi connectivity index (χ0v) is 14.2. The molecule has 0 spiro atoms. The average Bonchev–Trinajstić information content (AvgIpc) is 2.56. The molecule has 1 atom stereocenters. The molecule has 1 aromatic rings. The fraction of sp³-hybridized carbons (Fsp3) is 0.667. The van der Waals surface area contributed by atoms with Gasteiger partial charge in [0.25, 0.3) is 0 Å². The predicted octanol–water partition coefficient (Wildman–Crippen LogP) is 2.37. The summed E-state index contributed by atoms with van der Waals surface area (Å²) in [5, 5.41) is 0.352. The maximum Gasteiger partial charge on any atom is 0.244 e. The van der Waals surface area contributed by atoms with Crippen molar-refractivity contribution in [3.63, 3.8) is 0 Å². The van der Waals surface area contributed by atoms with Crippen LogP contribution < -0.4 is 0 Å². The van der Waals surface area contributed by atoms with Crippen molar-refractivity contribution in [1.29, 1.82) is 0 Å². The first kappa shape index (κ1) is 16.2. The Morgan fingerprint density at radius 3 is 2.59 bits per heavy atom. The van der Waals surface area contributed by atoms with Crippen LogP contribution in [0.4, 0.5) is 0 Å². The second-order valence-electron chi connectivity index (χ2n) is 6.09. The summed E-state index contributed by atoms with van der Waals surface area (Å²) in [5.41, 5.74) is 0. The van der Waals surface area contributed by atoms with E-state index >= 15 is 0 Å². The van der Waals surface area contributed by atoms with Crippen molar-refractivity contribution >= 4 is 21.6 Å². The van der Waals surface area contributed by atoms with Gasteiger partial charge in [0.15, 0.2) is 0 Å². The summed E-state index contributed by atoms with van der Waals surface area (Å²) in [6, 6.07) is 1.82. The Kier molecular flexibility index (Phi) is 5.02. The van der Waals surface area contributed by atoms with Gasteiger partial charge in [-0.2, -0.15) is 4.31 Å². The zero-order valence-electron chi connectivity index (χ0n) is 12.6. The van der Waals surface area contributed by atoms with Crippen LogP contribution in [-0.2, 0) is 10.0 Å². The Balaban J connectivity index is 1.76. The van der Waals surface area contributed by atoms with Gasteiger partial charge in [-0.05, 0) is 44.8 Å². The number of hydrogen-bond acceptors (Lipinski definition) is 4. The van der Waals surface area contributed by atoms with Crippen LogP contribution in [0.3, 0.4) is 0 Å². The molecule has 5 nitrogen and oxygen atoms in total. The molecule has 7 heteroatoms. The largest absolute Gasteiger partial charge is 0.299 e. The molecule has 0 aliphatic carbocycles. The number of nitrogens with zero attached hydrogens (tertiary/aromatic N) is 3. The van der Waals surface area contributed by atoms with Crippen LogP contribution in [0, 0.1) is 0 Å². The Morgan fingerprint density at radius 2 is 1.86 bits per heavy atom. The lowest BCUT2D eigenvalue weighted by atomic mass is 10.0. The van der Waals surface area contributed by atoms with Crippen LogP contribution in [0.5, 0.6) is 0 Å². The Bertz CT molecular complexity index is 617. The molecule has 0 saturated carbocycles. The third-order valence-corrected chi connectivity index (χ3v) is 6.62. The van der Waals surface area contributed by atoms with Crippen molar-refractivity contribution in [2.24, 2.45) is 0 Å². The second kappa shape index (κ2) is 6.83. The summed E-state index contributed by atoms with van der Waals surface area (Å²) in [4.78, 5) is 6.56. The van der Waals surface area contributed by atoms with Crippen LogP contribution in [0.2, 0.25) is 5.02 Å². The van der Waals surface area contributed by atoms with E-state index in [4.69, 9.17) is 11.6 Å². The van der Waals surface area contributed by atoms with Gasteiger partial charge in [-0.25, -0.2) is 8.42 Å². The van der Waals surface area contributed by atoms with E-state index in [2.05, 4.69) is 9.88 Å². The molecule has 0 amide bonds. The summed E-state index contributed by atoms with van der Waals surface area (Å²) in [6.45, 7) is 3.35. The molecule has 2 saturated heterocycles. The fourth-order valence-electron chi connectivity index (χ4n) is 3.40. The van der Waals surface area contributed by atoms with Crippen molar-refractivity contribution in [3.8, 4) is 0 Å². The minimum atomic E-state index is -3.50. The number of sulfonamides is 1. The van der Waals surface area contributed by atoms with E-state index in [9.17, 15) is 8.42 Å². The molecule has 3 heterocycles. The number of pyridine rings is 1. The van der Waals surface area contributed by atoms with Crippen LogP contribution in [0.25, 0.3) is 0 Å². The van der Waals surface area contributed by atoms with E-state index in [-0.39, 0.29) is 4.90 Å². The molecule has 2 aliphatic rings. The number of rotatable bonds is 3. The van der Waals surface area contributed by atoms with Crippen LogP contribution in [0.15, 0.2) is 23.4 Å². The van der Waals surface area contributed by atoms with E-state index < -0.39 is 10.0 Å². The second-order valence-corrected chi connectivity index (χ2v) is 8.47. The van der Waals surface area contributed by atoms with Gasteiger partial charge in [-0.15, -0.1) is 0 Å². The van der Waals surface area contributed by atoms with Crippen LogP contribution >= 0.6 is 11.6 Å². The van der Waals surface area contributed by atoms with Crippen molar-refractivity contribution in [3.05, 3.63) is 23.5 Å². The van der Waals surface area contributed by atoms with Gasteiger partial charge < -0.3 is 0 Å². The highest BCUT2D eigenvalue weighted by atomic mass is 35.5. The van der Waals surface area contributed by atoms with E-state index in [1.165, 1.54) is 37.7 Å². The normalized spacial score (nSPS) is 25.2. The highest BCUT2D eigenvalue weighted by Crippen LogP contribution is 2.25. The first-order valence-electron chi connectivity index (χ1n) is 7.92. The molecule has 0 bridgehead atoms. The highest BCUT2D eigenvalue weighted by molar-refractivity contribution is 7.89. The lowest BCUT2D eigenvalue weighted by molar-refractivity contribution is 0.114. The minimum Gasteiger partial charge on any atom is -0.299 e. The molecular formula is C15H22ClN3O2S. The summed E-state index contributed by atoms with van der Waals surface area (Å²) >= 11 is 5.89. The summed E-state index contributed by atoms with van der Waals surface area (Å²) in [7, 11) is -3.50. The van der Waals surface area contributed by atoms with Crippen molar-refractivity contribution in [2.75, 3.05) is 26.2 Å². The molecule has 3 rings (SSSR count). The monoisotopic (exact) mass is 343 g/mol. The molecule has 1 unspecified atom stereocenters. The predicted molar refractivity (Wildman–Crippen MR) is 86.5 cm³/mol. The molecule has 0 N–H and O–H groups in total. The first-order valence-corrected chi connectivity index (χ1v) is 9.74. The van der Waals surface area contributed by atoms with Crippen molar-refractivity contribution in [2.45, 2.75) is 43.0 Å². The minimum absolute atomic E-state index is 0.194. The lowest BCUT2D eigenvalue weighted by Gasteiger charge is -2.40. The van der Waals surface area contributed by atoms with Crippen molar-refractivity contribution in [1.82, 2.24) is 14.2 Å². The van der Waals surface area contributed by atoms with Crippen molar-refractivity contribution < 1.29 is 8.42 Å². The molecular weight excluding hydrogens is 322 g/mol. The van der Waals surface area contributed by atoms with Gasteiger partial charge >= 0.3 is 0 Å². The number of likely N-dealkylation sites (tertiary alicyclic amines) is 1. The molecule has 2 aliphatic heterocycles. The lowest BCUT2D eigenvalue weighted by Crippen LogP contribution is -2.51. The summed E-state index contributed by atoms with van der Waals surface area (Å²) in [6.07, 6.45) is 8.57. The fourth-order valence-corrected chi connectivity index (χ4v) is 5.15. The quantitative estimate of drug-likeness (QED) is 0.845. The summed E-state index contributed by atoms with van der Waals surface area (Å²) < 4.78 is 27.2. The summed E-state index contributed by atoms with van der Waals surface area (Å²) in [5.74, 6) is 0. The topological polar surface area (TPSA) is 53.5 Å². The SMILES string of the molecule is O=S(=O)(c1cncc(Cl)c1)N1CCCC(N2CCCCC2)C1. The Labute approximate surface area is 137 Å². The highest BCUT2D eigenvalue weighted by Gasteiger charge is 2.33. The average molecular weight is 344 g/mol. The number of hydrogen-bond donors (Lipinski definition) is 0. The number of aromatic nitrogens is 1. The maximum absolute atomic E-state index is 12.8. The van der Waals surface area contributed by atoms with Gasteiger partial charge in [0.1, 0.15) is 4.90 Å². The van der Waals surface area contributed by atoms with Crippen LogP contribution in [0.1, 0.15) is 32.1 Å². The molecule has 1 aromatic heterocycles. The standard InChI is InChI=1S/C15H22ClN3O2S/c16-13-9-15(11-17-10-13)22(20,21)19-8-4-5-14(12-19)18-6-2-1-3-7-18/h9-11,14H,1-8,12H2. The van der Waals surface area contributed by atoms with E-state index in [1.54, 1.807) is 4.31 Å². The van der Waals surface area contributed by atoms with Crippen LogP contribution in [-0.4, -0.2) is 54.8 Å². The molecule has 2 fully saturated rings. The van der Waals surface area contributed by atoms with E-state index in [0.29, 0.717) is 24.2 Å². The molecule has 0 aromatic carbocycles. The molecule has 122 valence electrons. The Morgan fingerprint density at radius 1 is 1.09 bits per heavy atom. The van der Waals surface area contributed by atoms with E-state index in [0.717, 1.165) is 25.9 Å². The third-order valence-electron chi connectivity index (χ3n) is 4.58. The smallest absolute Gasteiger partial charge is 0.244 e. The van der Waals surface area contributed by atoms with Gasteiger partial charge in [-0.3, -0.25) is 9.88 Å². The van der Waals surface area contributed by atoms with Gasteiger partial charge in [0.05, 0.1) is 5.02 Å². The number of piperidine rings is 2. The Hall–Kier alpha value is -0.690. The maximum atomic E-state index is 12.8. The van der Waals surface area contributed by atoms with E-state index in [1.807, 2.05) is 0 Å².